The van der Waals surface area contributed by atoms with Gasteiger partial charge >= 0.3 is 5.97 Å². The summed E-state index contributed by atoms with van der Waals surface area (Å²) in [7, 11) is 0. The molecule has 118 valence electrons. The molecule has 0 saturated carbocycles. The van der Waals surface area contributed by atoms with E-state index in [1.165, 1.54) is 6.20 Å². The molecule has 0 bridgehead atoms. The molecule has 0 aliphatic heterocycles. The molecule has 1 aromatic rings. The van der Waals surface area contributed by atoms with Gasteiger partial charge in [0, 0.05) is 12.5 Å². The van der Waals surface area contributed by atoms with Crippen LogP contribution >= 0.6 is 0 Å². The summed E-state index contributed by atoms with van der Waals surface area (Å²) >= 11 is 0. The Labute approximate surface area is 125 Å². The maximum absolute atomic E-state index is 11.3. The minimum Gasteiger partial charge on any atom is -0.476 e. The van der Waals surface area contributed by atoms with Crippen molar-refractivity contribution >= 4 is 11.7 Å². The molecular weight excluding hydrogens is 270 g/mol. The van der Waals surface area contributed by atoms with E-state index in [4.69, 9.17) is 0 Å². The predicted molar refractivity (Wildman–Crippen MR) is 81.6 cm³/mol. The van der Waals surface area contributed by atoms with E-state index in [2.05, 4.69) is 15.3 Å². The number of hydrogen-bond acceptors (Lipinski definition) is 5. The molecule has 0 aliphatic rings. The zero-order valence-corrected chi connectivity index (χ0v) is 13.3. The third kappa shape index (κ3) is 5.67. The van der Waals surface area contributed by atoms with E-state index in [0.717, 1.165) is 0 Å². The van der Waals surface area contributed by atoms with Crippen molar-refractivity contribution in [2.45, 2.75) is 53.1 Å². The highest BCUT2D eigenvalue weighted by atomic mass is 16.4. The standard InChI is InChI=1S/C15H25N3O3/c1-9(2)13-17-8-11(12(18-13)14(20)21)16-7-10(19)6-15(3,4)5/h8-10,16,19H,6-7H2,1-5H3,(H,20,21). The number of nitrogens with zero attached hydrogens (tertiary/aromatic N) is 2. The zero-order valence-electron chi connectivity index (χ0n) is 13.3. The number of carbonyl (C=O) groups is 1. The van der Waals surface area contributed by atoms with Crippen molar-refractivity contribution in [3.05, 3.63) is 17.7 Å². The second-order valence-corrected chi connectivity index (χ2v) is 6.75. The van der Waals surface area contributed by atoms with Gasteiger partial charge < -0.3 is 15.5 Å². The molecular formula is C15H25N3O3. The molecule has 0 aliphatic carbocycles. The van der Waals surface area contributed by atoms with Gasteiger partial charge in [0.05, 0.1) is 18.0 Å². The molecule has 0 spiro atoms. The summed E-state index contributed by atoms with van der Waals surface area (Å²) in [6, 6.07) is 0. The number of aliphatic hydroxyl groups excluding tert-OH is 1. The van der Waals surface area contributed by atoms with Crippen molar-refractivity contribution in [3.63, 3.8) is 0 Å². The number of aliphatic hydroxyl groups is 1. The quantitative estimate of drug-likeness (QED) is 0.746. The molecule has 21 heavy (non-hydrogen) atoms. The van der Waals surface area contributed by atoms with Crippen LogP contribution in [-0.4, -0.2) is 38.8 Å². The first kappa shape index (κ1) is 17.4. The Balaban J connectivity index is 2.81. The third-order valence-electron chi connectivity index (χ3n) is 2.90. The Bertz CT molecular complexity index is 495. The molecule has 1 heterocycles. The lowest BCUT2D eigenvalue weighted by Gasteiger charge is -2.23. The number of hydrogen-bond donors (Lipinski definition) is 3. The average molecular weight is 295 g/mol. The number of carboxylic acid groups (broad SMARTS) is 1. The third-order valence-corrected chi connectivity index (χ3v) is 2.90. The smallest absolute Gasteiger partial charge is 0.356 e. The van der Waals surface area contributed by atoms with Gasteiger partial charge in [0.15, 0.2) is 5.69 Å². The molecule has 0 fully saturated rings. The van der Waals surface area contributed by atoms with Gasteiger partial charge in [-0.2, -0.15) is 0 Å². The van der Waals surface area contributed by atoms with E-state index in [9.17, 15) is 15.0 Å². The van der Waals surface area contributed by atoms with Gasteiger partial charge in [-0.15, -0.1) is 0 Å². The van der Waals surface area contributed by atoms with Crippen LogP contribution in [0, 0.1) is 5.41 Å². The minimum atomic E-state index is -1.10. The molecule has 1 aromatic heterocycles. The molecule has 0 saturated heterocycles. The Morgan fingerprint density at radius 2 is 2.00 bits per heavy atom. The van der Waals surface area contributed by atoms with Crippen molar-refractivity contribution in [1.29, 1.82) is 0 Å². The molecule has 1 atom stereocenters. The topological polar surface area (TPSA) is 95.3 Å². The summed E-state index contributed by atoms with van der Waals surface area (Å²) in [5, 5.41) is 22.1. The molecule has 0 radical (unpaired) electrons. The Morgan fingerprint density at radius 3 is 2.48 bits per heavy atom. The minimum absolute atomic E-state index is 0.00866. The van der Waals surface area contributed by atoms with E-state index in [0.29, 0.717) is 17.9 Å². The Kier molecular flexibility index (Phi) is 5.66. The SMILES string of the molecule is CC(C)c1ncc(NCC(O)CC(C)(C)C)c(C(=O)O)n1. The lowest BCUT2D eigenvalue weighted by molar-refractivity contribution is 0.0690. The first-order valence-corrected chi connectivity index (χ1v) is 7.12. The van der Waals surface area contributed by atoms with Crippen LogP contribution in [0.2, 0.25) is 0 Å². The van der Waals surface area contributed by atoms with E-state index in [1.54, 1.807) is 0 Å². The molecule has 0 amide bonds. The van der Waals surface area contributed by atoms with Gasteiger partial charge in [0.1, 0.15) is 5.82 Å². The van der Waals surface area contributed by atoms with Crippen LogP contribution in [0.5, 0.6) is 0 Å². The number of nitrogens with one attached hydrogen (secondary N) is 1. The van der Waals surface area contributed by atoms with Crippen molar-refractivity contribution < 1.29 is 15.0 Å². The number of anilines is 1. The van der Waals surface area contributed by atoms with Gasteiger partial charge in [-0.1, -0.05) is 34.6 Å². The van der Waals surface area contributed by atoms with Gasteiger partial charge in [0.25, 0.3) is 0 Å². The monoisotopic (exact) mass is 295 g/mol. The molecule has 0 aromatic carbocycles. The van der Waals surface area contributed by atoms with Gasteiger partial charge in [0.2, 0.25) is 0 Å². The predicted octanol–water partition coefficient (Wildman–Crippen LogP) is 2.51. The summed E-state index contributed by atoms with van der Waals surface area (Å²) in [5.74, 6) is -0.552. The average Bonchev–Trinajstić information content (AvgIpc) is 2.33. The highest BCUT2D eigenvalue weighted by Crippen LogP contribution is 2.21. The first-order valence-electron chi connectivity index (χ1n) is 7.12. The van der Waals surface area contributed by atoms with E-state index >= 15 is 0 Å². The maximum Gasteiger partial charge on any atom is 0.356 e. The lowest BCUT2D eigenvalue weighted by Crippen LogP contribution is -2.26. The van der Waals surface area contributed by atoms with Gasteiger partial charge in [-0.05, 0) is 11.8 Å². The van der Waals surface area contributed by atoms with Crippen LogP contribution in [0.4, 0.5) is 5.69 Å². The van der Waals surface area contributed by atoms with Crippen molar-refractivity contribution in [3.8, 4) is 0 Å². The van der Waals surface area contributed by atoms with E-state index in [1.807, 2.05) is 34.6 Å². The highest BCUT2D eigenvalue weighted by molar-refractivity contribution is 5.91. The summed E-state index contributed by atoms with van der Waals surface area (Å²) in [5.41, 5.74) is 0.283. The van der Waals surface area contributed by atoms with Crippen LogP contribution < -0.4 is 5.32 Å². The molecule has 6 heteroatoms. The van der Waals surface area contributed by atoms with E-state index in [-0.39, 0.29) is 23.6 Å². The number of rotatable bonds is 6. The van der Waals surface area contributed by atoms with Crippen LogP contribution in [0.15, 0.2) is 6.20 Å². The fraction of sp³-hybridized carbons (Fsp3) is 0.667. The summed E-state index contributed by atoms with van der Waals surface area (Å²) in [4.78, 5) is 19.5. The molecule has 6 nitrogen and oxygen atoms in total. The van der Waals surface area contributed by atoms with Crippen molar-refractivity contribution in [2.24, 2.45) is 5.41 Å². The summed E-state index contributed by atoms with van der Waals surface area (Å²) in [6.07, 6.45) is 1.53. The van der Waals surface area contributed by atoms with Gasteiger partial charge in [-0.3, -0.25) is 0 Å². The fourth-order valence-corrected chi connectivity index (χ4v) is 1.97. The normalized spacial score (nSPS) is 13.3. The van der Waals surface area contributed by atoms with Crippen molar-refractivity contribution in [1.82, 2.24) is 9.97 Å². The number of carboxylic acids is 1. The van der Waals surface area contributed by atoms with Crippen LogP contribution in [0.3, 0.4) is 0 Å². The number of aromatic carboxylic acids is 1. The second kappa shape index (κ2) is 6.85. The molecule has 3 N–H and O–H groups in total. The zero-order chi connectivity index (χ0) is 16.2. The fourth-order valence-electron chi connectivity index (χ4n) is 1.97. The van der Waals surface area contributed by atoms with Crippen molar-refractivity contribution in [2.75, 3.05) is 11.9 Å². The van der Waals surface area contributed by atoms with Gasteiger partial charge in [-0.25, -0.2) is 14.8 Å². The number of aromatic nitrogens is 2. The Hall–Kier alpha value is -1.69. The van der Waals surface area contributed by atoms with Crippen LogP contribution in [-0.2, 0) is 0 Å². The summed E-state index contributed by atoms with van der Waals surface area (Å²) < 4.78 is 0. The summed E-state index contributed by atoms with van der Waals surface area (Å²) in [6.45, 7) is 10.2. The second-order valence-electron chi connectivity index (χ2n) is 6.75. The first-order chi connectivity index (χ1) is 9.60. The van der Waals surface area contributed by atoms with Crippen LogP contribution in [0.25, 0.3) is 0 Å². The lowest BCUT2D eigenvalue weighted by atomic mass is 9.89. The van der Waals surface area contributed by atoms with E-state index < -0.39 is 12.1 Å². The molecule has 1 rings (SSSR count). The highest BCUT2D eigenvalue weighted by Gasteiger charge is 2.19. The largest absolute Gasteiger partial charge is 0.476 e. The van der Waals surface area contributed by atoms with Crippen LogP contribution in [0.1, 0.15) is 63.3 Å². The molecule has 1 unspecified atom stereocenters. The maximum atomic E-state index is 11.3. The Morgan fingerprint density at radius 1 is 1.38 bits per heavy atom.